The number of hydrogen-bond acceptors (Lipinski definition) is 4. The molecule has 4 nitrogen and oxygen atoms in total. The molecular formula is C11H14N4. The van der Waals surface area contributed by atoms with Gasteiger partial charge in [0.15, 0.2) is 0 Å². The molecule has 1 aliphatic heterocycles. The Morgan fingerprint density at radius 1 is 1.67 bits per heavy atom. The Morgan fingerprint density at radius 3 is 3.20 bits per heavy atom. The van der Waals surface area contributed by atoms with E-state index in [1.54, 1.807) is 12.3 Å². The highest BCUT2D eigenvalue weighted by Crippen LogP contribution is 2.21. The molecule has 1 aromatic rings. The lowest BCUT2D eigenvalue weighted by atomic mass is 10.1. The van der Waals surface area contributed by atoms with E-state index in [1.165, 1.54) is 0 Å². The minimum atomic E-state index is 0.567. The van der Waals surface area contributed by atoms with Crippen molar-refractivity contribution in [3.8, 4) is 6.07 Å². The molecule has 0 spiro atoms. The molecule has 1 fully saturated rings. The van der Waals surface area contributed by atoms with Gasteiger partial charge in [-0.2, -0.15) is 5.26 Å². The van der Waals surface area contributed by atoms with Crippen molar-refractivity contribution in [2.45, 2.75) is 6.42 Å². The van der Waals surface area contributed by atoms with Crippen molar-refractivity contribution in [3.05, 3.63) is 23.9 Å². The summed E-state index contributed by atoms with van der Waals surface area (Å²) in [4.78, 5) is 6.46. The van der Waals surface area contributed by atoms with Gasteiger partial charge in [0, 0.05) is 19.3 Å². The molecule has 2 N–H and O–H groups in total. The molecule has 1 aliphatic rings. The van der Waals surface area contributed by atoms with E-state index in [0.29, 0.717) is 11.5 Å². The third-order valence-corrected chi connectivity index (χ3v) is 2.82. The zero-order chi connectivity index (χ0) is 10.7. The molecule has 1 aromatic heterocycles. The van der Waals surface area contributed by atoms with Gasteiger partial charge in [0.1, 0.15) is 5.82 Å². The molecule has 0 radical (unpaired) electrons. The van der Waals surface area contributed by atoms with Gasteiger partial charge in [-0.15, -0.1) is 0 Å². The summed E-state index contributed by atoms with van der Waals surface area (Å²) < 4.78 is 0. The molecule has 2 heterocycles. The fourth-order valence-corrected chi connectivity index (χ4v) is 1.89. The molecule has 0 aromatic carbocycles. The van der Waals surface area contributed by atoms with Crippen LogP contribution in [0.2, 0.25) is 0 Å². The monoisotopic (exact) mass is 202 g/mol. The van der Waals surface area contributed by atoms with E-state index < -0.39 is 0 Å². The van der Waals surface area contributed by atoms with Crippen molar-refractivity contribution in [1.29, 1.82) is 5.26 Å². The molecule has 0 unspecified atom stereocenters. The first-order valence-corrected chi connectivity index (χ1v) is 5.14. The van der Waals surface area contributed by atoms with Crippen LogP contribution in [0, 0.1) is 17.2 Å². The van der Waals surface area contributed by atoms with Crippen molar-refractivity contribution < 1.29 is 0 Å². The van der Waals surface area contributed by atoms with Crippen molar-refractivity contribution >= 4 is 5.82 Å². The van der Waals surface area contributed by atoms with Gasteiger partial charge in [0.05, 0.1) is 11.6 Å². The first-order chi connectivity index (χ1) is 7.33. The normalized spacial score (nSPS) is 20.3. The summed E-state index contributed by atoms with van der Waals surface area (Å²) in [7, 11) is 0. The van der Waals surface area contributed by atoms with E-state index in [9.17, 15) is 0 Å². The maximum absolute atomic E-state index is 8.79. The Kier molecular flexibility index (Phi) is 2.84. The Bertz CT molecular complexity index is 382. The summed E-state index contributed by atoms with van der Waals surface area (Å²) in [5.74, 6) is 1.46. The number of nitrogens with two attached hydrogens (primary N) is 1. The summed E-state index contributed by atoms with van der Waals surface area (Å²) in [6.07, 6.45) is 2.80. The minimum Gasteiger partial charge on any atom is -0.356 e. The second-order valence-electron chi connectivity index (χ2n) is 3.85. The third-order valence-electron chi connectivity index (χ3n) is 2.82. The van der Waals surface area contributed by atoms with Crippen LogP contribution in [-0.4, -0.2) is 24.6 Å². The smallest absolute Gasteiger partial charge is 0.129 e. The largest absolute Gasteiger partial charge is 0.356 e. The number of pyridine rings is 1. The lowest BCUT2D eigenvalue weighted by Gasteiger charge is -2.16. The third kappa shape index (κ3) is 2.08. The van der Waals surface area contributed by atoms with Crippen LogP contribution in [0.15, 0.2) is 18.3 Å². The molecule has 1 saturated heterocycles. The Labute approximate surface area is 89.3 Å². The van der Waals surface area contributed by atoms with Gasteiger partial charge in [0.2, 0.25) is 0 Å². The Morgan fingerprint density at radius 2 is 2.53 bits per heavy atom. The molecule has 4 heteroatoms. The summed E-state index contributed by atoms with van der Waals surface area (Å²) in [6, 6.07) is 5.68. The number of hydrogen-bond donors (Lipinski definition) is 1. The highest BCUT2D eigenvalue weighted by Gasteiger charge is 2.22. The van der Waals surface area contributed by atoms with Gasteiger partial charge in [-0.25, -0.2) is 4.98 Å². The molecule has 2 rings (SSSR count). The molecule has 0 aliphatic carbocycles. The topological polar surface area (TPSA) is 65.9 Å². The quantitative estimate of drug-likeness (QED) is 0.768. The molecule has 0 bridgehead atoms. The number of aromatic nitrogens is 1. The van der Waals surface area contributed by atoms with Gasteiger partial charge in [-0.1, -0.05) is 0 Å². The molecular weight excluding hydrogens is 188 g/mol. The average molecular weight is 202 g/mol. The highest BCUT2D eigenvalue weighted by molar-refractivity contribution is 5.45. The molecule has 0 saturated carbocycles. The van der Waals surface area contributed by atoms with Crippen LogP contribution in [0.1, 0.15) is 12.0 Å². The lowest BCUT2D eigenvalue weighted by Crippen LogP contribution is -2.23. The van der Waals surface area contributed by atoms with E-state index >= 15 is 0 Å². The molecule has 1 atom stereocenters. The number of anilines is 1. The predicted octanol–water partition coefficient (Wildman–Crippen LogP) is 0.738. The predicted molar refractivity (Wildman–Crippen MR) is 58.3 cm³/mol. The van der Waals surface area contributed by atoms with E-state index in [2.05, 4.69) is 16.0 Å². The zero-order valence-corrected chi connectivity index (χ0v) is 8.56. The van der Waals surface area contributed by atoms with Crippen molar-refractivity contribution in [3.63, 3.8) is 0 Å². The number of rotatable bonds is 2. The summed E-state index contributed by atoms with van der Waals surface area (Å²) >= 11 is 0. The number of nitrogens with zero attached hydrogens (tertiary/aromatic N) is 3. The van der Waals surface area contributed by atoms with Gasteiger partial charge >= 0.3 is 0 Å². The van der Waals surface area contributed by atoms with E-state index in [0.717, 1.165) is 31.9 Å². The van der Waals surface area contributed by atoms with Crippen molar-refractivity contribution in [2.24, 2.45) is 11.7 Å². The fourth-order valence-electron chi connectivity index (χ4n) is 1.89. The highest BCUT2D eigenvalue weighted by atomic mass is 15.2. The maximum atomic E-state index is 8.79. The summed E-state index contributed by atoms with van der Waals surface area (Å²) in [5, 5.41) is 8.79. The van der Waals surface area contributed by atoms with Crippen LogP contribution < -0.4 is 10.6 Å². The first-order valence-electron chi connectivity index (χ1n) is 5.14. The van der Waals surface area contributed by atoms with Crippen LogP contribution >= 0.6 is 0 Å². The SMILES string of the molecule is N#Cc1ccnc(N2CC[C@@H](CN)C2)c1. The fraction of sp³-hybridized carbons (Fsp3) is 0.455. The minimum absolute atomic E-state index is 0.567. The standard InChI is InChI=1S/C11H14N4/c12-6-9-1-3-14-11(5-9)15-4-2-10(7-13)8-15/h1,3,5,10H,2,4,7-8,13H2/t10-/m0/s1. The number of nitriles is 1. The van der Waals surface area contributed by atoms with Gasteiger partial charge < -0.3 is 10.6 Å². The molecule has 15 heavy (non-hydrogen) atoms. The zero-order valence-electron chi connectivity index (χ0n) is 8.56. The van der Waals surface area contributed by atoms with Gasteiger partial charge in [0.25, 0.3) is 0 Å². The van der Waals surface area contributed by atoms with Crippen LogP contribution in [0.5, 0.6) is 0 Å². The molecule has 0 amide bonds. The van der Waals surface area contributed by atoms with Gasteiger partial charge in [-0.05, 0) is 31.0 Å². The van der Waals surface area contributed by atoms with Gasteiger partial charge in [-0.3, -0.25) is 0 Å². The van der Waals surface area contributed by atoms with E-state index in [-0.39, 0.29) is 0 Å². The van der Waals surface area contributed by atoms with Crippen LogP contribution in [-0.2, 0) is 0 Å². The van der Waals surface area contributed by atoms with Crippen LogP contribution in [0.4, 0.5) is 5.82 Å². The first kappa shape index (κ1) is 9.94. The summed E-state index contributed by atoms with van der Waals surface area (Å²) in [5.41, 5.74) is 6.29. The second kappa shape index (κ2) is 4.28. The Balaban J connectivity index is 2.14. The van der Waals surface area contributed by atoms with E-state index in [4.69, 9.17) is 11.0 Å². The van der Waals surface area contributed by atoms with Crippen LogP contribution in [0.25, 0.3) is 0 Å². The van der Waals surface area contributed by atoms with Crippen LogP contribution in [0.3, 0.4) is 0 Å². The Hall–Kier alpha value is -1.60. The summed E-state index contributed by atoms with van der Waals surface area (Å²) in [6.45, 7) is 2.68. The second-order valence-corrected chi connectivity index (χ2v) is 3.85. The molecule has 78 valence electrons. The van der Waals surface area contributed by atoms with Crippen molar-refractivity contribution in [1.82, 2.24) is 4.98 Å². The van der Waals surface area contributed by atoms with Crippen molar-refractivity contribution in [2.75, 3.05) is 24.5 Å². The average Bonchev–Trinajstić information content (AvgIpc) is 2.78. The maximum Gasteiger partial charge on any atom is 0.129 e. The lowest BCUT2D eigenvalue weighted by molar-refractivity contribution is 0.602. The van der Waals surface area contributed by atoms with E-state index in [1.807, 2.05) is 6.07 Å².